The van der Waals surface area contributed by atoms with Crippen molar-refractivity contribution < 1.29 is 14.3 Å². The standard InChI is InChI=1S/C12H22O3/c1-5-12(3,4)11(13)15-10-9(2)7-6-8-14-10/h9-10H,5-8H2,1-4H3. The monoisotopic (exact) mass is 214 g/mol. The Morgan fingerprint density at radius 3 is 2.73 bits per heavy atom. The van der Waals surface area contributed by atoms with Gasteiger partial charge >= 0.3 is 5.97 Å². The minimum absolute atomic E-state index is 0.149. The molecule has 1 aliphatic rings. The van der Waals surface area contributed by atoms with Crippen molar-refractivity contribution in [3.05, 3.63) is 0 Å². The van der Waals surface area contributed by atoms with Crippen LogP contribution in [0.15, 0.2) is 0 Å². The number of ether oxygens (including phenoxy) is 2. The molecule has 2 unspecified atom stereocenters. The fourth-order valence-electron chi connectivity index (χ4n) is 1.46. The number of hydrogen-bond donors (Lipinski definition) is 0. The van der Waals surface area contributed by atoms with Crippen molar-refractivity contribution in [2.75, 3.05) is 6.61 Å². The van der Waals surface area contributed by atoms with Crippen molar-refractivity contribution in [1.29, 1.82) is 0 Å². The molecule has 0 aromatic carbocycles. The predicted molar refractivity (Wildman–Crippen MR) is 58.3 cm³/mol. The third-order valence-electron chi connectivity index (χ3n) is 3.21. The van der Waals surface area contributed by atoms with Crippen LogP contribution in [0.3, 0.4) is 0 Å². The summed E-state index contributed by atoms with van der Waals surface area (Å²) in [7, 11) is 0. The lowest BCUT2D eigenvalue weighted by molar-refractivity contribution is -0.208. The predicted octanol–water partition coefficient (Wildman–Crippen LogP) is 2.74. The smallest absolute Gasteiger partial charge is 0.313 e. The van der Waals surface area contributed by atoms with E-state index in [2.05, 4.69) is 6.92 Å². The molecular formula is C12H22O3. The van der Waals surface area contributed by atoms with E-state index in [1.54, 1.807) is 0 Å². The van der Waals surface area contributed by atoms with Crippen LogP contribution in [-0.4, -0.2) is 18.9 Å². The lowest BCUT2D eigenvalue weighted by Crippen LogP contribution is -2.37. The molecule has 15 heavy (non-hydrogen) atoms. The van der Waals surface area contributed by atoms with Crippen molar-refractivity contribution in [1.82, 2.24) is 0 Å². The highest BCUT2D eigenvalue weighted by atomic mass is 16.7. The third-order valence-corrected chi connectivity index (χ3v) is 3.21. The molecule has 1 fully saturated rings. The molecule has 2 atom stereocenters. The van der Waals surface area contributed by atoms with Gasteiger partial charge in [-0.15, -0.1) is 0 Å². The lowest BCUT2D eigenvalue weighted by atomic mass is 9.90. The van der Waals surface area contributed by atoms with Gasteiger partial charge in [0.15, 0.2) is 0 Å². The van der Waals surface area contributed by atoms with Crippen LogP contribution >= 0.6 is 0 Å². The average Bonchev–Trinajstić information content (AvgIpc) is 2.21. The van der Waals surface area contributed by atoms with Crippen LogP contribution < -0.4 is 0 Å². The maximum Gasteiger partial charge on any atom is 0.313 e. The van der Waals surface area contributed by atoms with E-state index in [4.69, 9.17) is 9.47 Å². The number of rotatable bonds is 3. The molecule has 0 amide bonds. The third kappa shape index (κ3) is 3.20. The molecule has 0 bridgehead atoms. The molecule has 1 heterocycles. The molecule has 88 valence electrons. The topological polar surface area (TPSA) is 35.5 Å². The Morgan fingerprint density at radius 1 is 1.53 bits per heavy atom. The van der Waals surface area contributed by atoms with Crippen LogP contribution in [0, 0.1) is 11.3 Å². The molecule has 3 nitrogen and oxygen atoms in total. The van der Waals surface area contributed by atoms with Gasteiger partial charge in [0.25, 0.3) is 0 Å². The van der Waals surface area contributed by atoms with Crippen molar-refractivity contribution >= 4 is 5.97 Å². The Hall–Kier alpha value is -0.570. The highest BCUT2D eigenvalue weighted by molar-refractivity contribution is 5.75. The van der Waals surface area contributed by atoms with Crippen LogP contribution in [-0.2, 0) is 14.3 Å². The number of carbonyl (C=O) groups excluding carboxylic acids is 1. The second-order valence-corrected chi connectivity index (χ2v) is 5.00. The highest BCUT2D eigenvalue weighted by Gasteiger charge is 2.32. The second kappa shape index (κ2) is 4.97. The zero-order valence-electron chi connectivity index (χ0n) is 10.2. The molecule has 0 radical (unpaired) electrons. The second-order valence-electron chi connectivity index (χ2n) is 5.00. The Labute approximate surface area is 92.1 Å². The molecule has 3 heteroatoms. The summed E-state index contributed by atoms with van der Waals surface area (Å²) in [6.45, 7) is 8.57. The molecule has 0 spiro atoms. The minimum atomic E-state index is -0.402. The van der Waals surface area contributed by atoms with E-state index in [9.17, 15) is 4.79 Å². The first kappa shape index (κ1) is 12.5. The van der Waals surface area contributed by atoms with E-state index in [1.165, 1.54) is 0 Å². The van der Waals surface area contributed by atoms with Crippen LogP contribution in [0.5, 0.6) is 0 Å². The number of esters is 1. The Balaban J connectivity index is 2.50. The lowest BCUT2D eigenvalue weighted by Gasteiger charge is -2.31. The van der Waals surface area contributed by atoms with Gasteiger partial charge < -0.3 is 9.47 Å². The van der Waals surface area contributed by atoms with E-state index >= 15 is 0 Å². The summed E-state index contributed by atoms with van der Waals surface area (Å²) in [5.74, 6) is 0.166. The van der Waals surface area contributed by atoms with Crippen LogP contribution in [0.1, 0.15) is 47.0 Å². The fraction of sp³-hybridized carbons (Fsp3) is 0.917. The first-order valence-corrected chi connectivity index (χ1v) is 5.80. The molecular weight excluding hydrogens is 192 g/mol. The van der Waals surface area contributed by atoms with Gasteiger partial charge in [-0.1, -0.05) is 13.8 Å². The summed E-state index contributed by atoms with van der Waals surface area (Å²) in [5, 5.41) is 0. The highest BCUT2D eigenvalue weighted by Crippen LogP contribution is 2.26. The van der Waals surface area contributed by atoms with Gasteiger partial charge in [-0.2, -0.15) is 0 Å². The van der Waals surface area contributed by atoms with E-state index in [0.29, 0.717) is 12.5 Å². The Morgan fingerprint density at radius 2 is 2.20 bits per heavy atom. The largest absolute Gasteiger partial charge is 0.435 e. The molecule has 0 saturated carbocycles. The summed E-state index contributed by atoms with van der Waals surface area (Å²) < 4.78 is 10.9. The van der Waals surface area contributed by atoms with E-state index < -0.39 is 5.41 Å². The van der Waals surface area contributed by atoms with E-state index in [-0.39, 0.29) is 12.3 Å². The summed E-state index contributed by atoms with van der Waals surface area (Å²) in [6.07, 6.45) is 2.58. The maximum atomic E-state index is 11.8. The van der Waals surface area contributed by atoms with Gasteiger partial charge in [-0.3, -0.25) is 4.79 Å². The Bertz CT molecular complexity index is 223. The van der Waals surface area contributed by atoms with Gasteiger partial charge in [0, 0.05) is 5.92 Å². The van der Waals surface area contributed by atoms with Gasteiger partial charge in [-0.25, -0.2) is 0 Å². The molecule has 0 aromatic rings. The molecule has 1 saturated heterocycles. The van der Waals surface area contributed by atoms with E-state index in [0.717, 1.165) is 19.3 Å². The van der Waals surface area contributed by atoms with Gasteiger partial charge in [0.1, 0.15) is 0 Å². The molecule has 0 aliphatic carbocycles. The van der Waals surface area contributed by atoms with E-state index in [1.807, 2.05) is 20.8 Å². The summed E-state index contributed by atoms with van der Waals surface area (Å²) >= 11 is 0. The van der Waals surface area contributed by atoms with Crippen LogP contribution in [0.25, 0.3) is 0 Å². The number of hydrogen-bond acceptors (Lipinski definition) is 3. The van der Waals surface area contributed by atoms with Crippen molar-refractivity contribution in [2.45, 2.75) is 53.2 Å². The van der Waals surface area contributed by atoms with Crippen molar-refractivity contribution in [2.24, 2.45) is 11.3 Å². The fourth-order valence-corrected chi connectivity index (χ4v) is 1.46. The first-order chi connectivity index (χ1) is 6.97. The zero-order chi connectivity index (χ0) is 11.5. The normalized spacial score (nSPS) is 27.5. The van der Waals surface area contributed by atoms with Gasteiger partial charge in [0.05, 0.1) is 12.0 Å². The average molecular weight is 214 g/mol. The zero-order valence-corrected chi connectivity index (χ0v) is 10.2. The summed E-state index contributed by atoms with van der Waals surface area (Å²) in [6, 6.07) is 0. The first-order valence-electron chi connectivity index (χ1n) is 5.80. The SMILES string of the molecule is CCC(C)(C)C(=O)OC1OCCCC1C. The molecule has 1 rings (SSSR count). The van der Waals surface area contributed by atoms with Crippen LogP contribution in [0.2, 0.25) is 0 Å². The van der Waals surface area contributed by atoms with Crippen molar-refractivity contribution in [3.63, 3.8) is 0 Å². The molecule has 1 aliphatic heterocycles. The maximum absolute atomic E-state index is 11.8. The Kier molecular flexibility index (Phi) is 4.14. The quantitative estimate of drug-likeness (QED) is 0.678. The van der Waals surface area contributed by atoms with Crippen LogP contribution in [0.4, 0.5) is 0 Å². The van der Waals surface area contributed by atoms with Crippen molar-refractivity contribution in [3.8, 4) is 0 Å². The number of carbonyl (C=O) groups is 1. The van der Waals surface area contributed by atoms with Gasteiger partial charge in [0.2, 0.25) is 6.29 Å². The summed E-state index contributed by atoms with van der Waals surface area (Å²) in [4.78, 5) is 11.8. The molecule has 0 aromatic heterocycles. The molecule has 0 N–H and O–H groups in total. The summed E-state index contributed by atoms with van der Waals surface area (Å²) in [5.41, 5.74) is -0.402. The minimum Gasteiger partial charge on any atom is -0.435 e. The van der Waals surface area contributed by atoms with Gasteiger partial charge in [-0.05, 0) is 33.1 Å².